The second-order valence-corrected chi connectivity index (χ2v) is 5.98. The van der Waals surface area contributed by atoms with Gasteiger partial charge in [-0.1, -0.05) is 12.8 Å². The molecule has 1 rings (SSSR count). The molecule has 0 aromatic heterocycles. The van der Waals surface area contributed by atoms with E-state index >= 15 is 0 Å². The Morgan fingerprint density at radius 2 is 2.00 bits per heavy atom. The van der Waals surface area contributed by atoms with E-state index in [1.54, 1.807) is 0 Å². The molecule has 0 amide bonds. The van der Waals surface area contributed by atoms with E-state index in [2.05, 4.69) is 0 Å². The molecule has 0 saturated heterocycles. The summed E-state index contributed by atoms with van der Waals surface area (Å²) in [6.45, 7) is 0.885. The first-order valence-electron chi connectivity index (χ1n) is 4.08. The molecule has 0 unspecified atom stereocenters. The molecule has 0 radical (unpaired) electrons. The molecular weight excluding hydrogens is 200 g/mol. The van der Waals surface area contributed by atoms with Crippen molar-refractivity contribution in [1.82, 2.24) is 0 Å². The Bertz CT molecular complexity index is 221. The predicted octanol–water partition coefficient (Wildman–Crippen LogP) is 1.37. The normalized spacial score (nSPS) is 18.1. The van der Waals surface area contributed by atoms with Crippen molar-refractivity contribution in [2.24, 2.45) is 5.92 Å². The molecule has 0 heterocycles. The summed E-state index contributed by atoms with van der Waals surface area (Å²) >= 11 is 0. The highest BCUT2D eigenvalue weighted by molar-refractivity contribution is 8.13. The van der Waals surface area contributed by atoms with Crippen LogP contribution in [0.2, 0.25) is 0 Å². The molecule has 0 aromatic carbocycles. The van der Waals surface area contributed by atoms with Gasteiger partial charge in [-0.25, -0.2) is 8.42 Å². The molecule has 1 aliphatic rings. The zero-order chi connectivity index (χ0) is 9.03. The molecule has 1 aliphatic carbocycles. The first-order chi connectivity index (χ1) is 5.58. The number of halogens is 1. The van der Waals surface area contributed by atoms with Gasteiger partial charge in [-0.2, -0.15) is 0 Å². The Morgan fingerprint density at radius 1 is 1.33 bits per heavy atom. The number of hydrogen-bond donors (Lipinski definition) is 0. The van der Waals surface area contributed by atoms with Gasteiger partial charge in [-0.15, -0.1) is 0 Å². The van der Waals surface area contributed by atoms with Gasteiger partial charge in [0.15, 0.2) is 0 Å². The predicted molar refractivity (Wildman–Crippen MR) is 47.8 cm³/mol. The van der Waals surface area contributed by atoms with Crippen LogP contribution < -0.4 is 0 Å². The summed E-state index contributed by atoms with van der Waals surface area (Å²) in [4.78, 5) is 0. The van der Waals surface area contributed by atoms with Crippen molar-refractivity contribution in [3.8, 4) is 0 Å². The molecule has 72 valence electrons. The van der Waals surface area contributed by atoms with Crippen molar-refractivity contribution in [3.63, 3.8) is 0 Å². The molecule has 1 fully saturated rings. The van der Waals surface area contributed by atoms with Crippen LogP contribution >= 0.6 is 10.7 Å². The molecule has 3 nitrogen and oxygen atoms in total. The maximum atomic E-state index is 10.4. The quantitative estimate of drug-likeness (QED) is 0.494. The van der Waals surface area contributed by atoms with E-state index in [0.717, 1.165) is 12.3 Å². The van der Waals surface area contributed by atoms with Crippen molar-refractivity contribution in [2.75, 3.05) is 19.0 Å². The van der Waals surface area contributed by atoms with E-state index in [9.17, 15) is 8.42 Å². The second kappa shape index (κ2) is 4.44. The largest absolute Gasteiger partial charge is 0.380 e. The molecule has 12 heavy (non-hydrogen) atoms. The SMILES string of the molecule is O=S(=O)(Cl)CCOCCC1CC1. The molecule has 0 atom stereocenters. The zero-order valence-corrected chi connectivity index (χ0v) is 8.40. The number of hydrogen-bond acceptors (Lipinski definition) is 3. The van der Waals surface area contributed by atoms with E-state index in [-0.39, 0.29) is 12.4 Å². The smallest absolute Gasteiger partial charge is 0.234 e. The summed E-state index contributed by atoms with van der Waals surface area (Å²) < 4.78 is 25.9. The zero-order valence-electron chi connectivity index (χ0n) is 6.83. The number of ether oxygens (including phenoxy) is 1. The average molecular weight is 213 g/mol. The molecule has 0 bridgehead atoms. The fourth-order valence-corrected chi connectivity index (χ4v) is 1.42. The van der Waals surface area contributed by atoms with Crippen LogP contribution in [-0.2, 0) is 13.8 Å². The minimum absolute atomic E-state index is 0.0841. The van der Waals surface area contributed by atoms with E-state index in [1.807, 2.05) is 0 Å². The number of rotatable bonds is 6. The highest BCUT2D eigenvalue weighted by atomic mass is 35.7. The van der Waals surface area contributed by atoms with Crippen molar-refractivity contribution in [3.05, 3.63) is 0 Å². The molecule has 0 aliphatic heterocycles. The summed E-state index contributed by atoms with van der Waals surface area (Å²) in [6, 6.07) is 0. The van der Waals surface area contributed by atoms with Crippen LogP contribution in [0.3, 0.4) is 0 Å². The van der Waals surface area contributed by atoms with Gasteiger partial charge in [0.05, 0.1) is 12.4 Å². The molecule has 5 heteroatoms. The molecule has 1 saturated carbocycles. The van der Waals surface area contributed by atoms with Crippen LogP contribution in [0.15, 0.2) is 0 Å². The summed E-state index contributed by atoms with van der Waals surface area (Å²) in [5.74, 6) is 0.747. The Hall–Kier alpha value is 0.200. The molecular formula is C7H13ClO3S. The standard InChI is InChI=1S/C7H13ClO3S/c8-12(9,10)6-5-11-4-3-7-1-2-7/h7H,1-6H2. The minimum atomic E-state index is -3.36. The van der Waals surface area contributed by atoms with Gasteiger partial charge in [0.1, 0.15) is 0 Å². The van der Waals surface area contributed by atoms with Crippen LogP contribution in [0, 0.1) is 5.92 Å². The first-order valence-corrected chi connectivity index (χ1v) is 6.56. The van der Waals surface area contributed by atoms with Gasteiger partial charge in [0.25, 0.3) is 0 Å². The fraction of sp³-hybridized carbons (Fsp3) is 1.00. The molecule has 0 N–H and O–H groups in total. The minimum Gasteiger partial charge on any atom is -0.380 e. The van der Waals surface area contributed by atoms with Gasteiger partial charge >= 0.3 is 0 Å². The third-order valence-electron chi connectivity index (χ3n) is 1.84. The Balaban J connectivity index is 1.88. The Morgan fingerprint density at radius 3 is 2.50 bits per heavy atom. The van der Waals surface area contributed by atoms with E-state index in [0.29, 0.717) is 6.61 Å². The lowest BCUT2D eigenvalue weighted by Crippen LogP contribution is -2.07. The van der Waals surface area contributed by atoms with Gasteiger partial charge in [-0.3, -0.25) is 0 Å². The lowest BCUT2D eigenvalue weighted by molar-refractivity contribution is 0.142. The Labute approximate surface area is 77.5 Å². The summed E-state index contributed by atoms with van der Waals surface area (Å²) in [6.07, 6.45) is 3.66. The lowest BCUT2D eigenvalue weighted by Gasteiger charge is -2.00. The fourth-order valence-electron chi connectivity index (χ4n) is 0.917. The van der Waals surface area contributed by atoms with Crippen LogP contribution in [-0.4, -0.2) is 27.4 Å². The summed E-state index contributed by atoms with van der Waals surface area (Å²) in [7, 11) is 1.62. The lowest BCUT2D eigenvalue weighted by atomic mass is 10.3. The monoisotopic (exact) mass is 212 g/mol. The highest BCUT2D eigenvalue weighted by Gasteiger charge is 2.20. The van der Waals surface area contributed by atoms with E-state index in [4.69, 9.17) is 15.4 Å². The highest BCUT2D eigenvalue weighted by Crippen LogP contribution is 2.31. The van der Waals surface area contributed by atoms with Gasteiger partial charge in [0, 0.05) is 17.3 Å². The maximum Gasteiger partial charge on any atom is 0.234 e. The van der Waals surface area contributed by atoms with Crippen LogP contribution in [0.4, 0.5) is 0 Å². The van der Waals surface area contributed by atoms with Crippen molar-refractivity contribution in [2.45, 2.75) is 19.3 Å². The molecule has 0 spiro atoms. The van der Waals surface area contributed by atoms with Crippen molar-refractivity contribution >= 4 is 19.7 Å². The van der Waals surface area contributed by atoms with Crippen molar-refractivity contribution < 1.29 is 13.2 Å². The van der Waals surface area contributed by atoms with Gasteiger partial charge < -0.3 is 4.74 Å². The third-order valence-corrected chi connectivity index (χ3v) is 2.96. The molecule has 0 aromatic rings. The summed E-state index contributed by atoms with van der Waals surface area (Å²) in [5.41, 5.74) is 0. The van der Waals surface area contributed by atoms with Crippen molar-refractivity contribution in [1.29, 1.82) is 0 Å². The van der Waals surface area contributed by atoms with Crippen LogP contribution in [0.25, 0.3) is 0 Å². The second-order valence-electron chi connectivity index (χ2n) is 3.09. The Kier molecular flexibility index (Phi) is 3.80. The van der Waals surface area contributed by atoms with Crippen LogP contribution in [0.5, 0.6) is 0 Å². The topological polar surface area (TPSA) is 43.4 Å². The first kappa shape index (κ1) is 10.3. The van der Waals surface area contributed by atoms with Gasteiger partial charge in [0.2, 0.25) is 9.05 Å². The van der Waals surface area contributed by atoms with Crippen LogP contribution in [0.1, 0.15) is 19.3 Å². The van der Waals surface area contributed by atoms with E-state index in [1.165, 1.54) is 12.8 Å². The summed E-state index contributed by atoms with van der Waals surface area (Å²) in [5, 5.41) is 0. The van der Waals surface area contributed by atoms with E-state index < -0.39 is 9.05 Å². The van der Waals surface area contributed by atoms with Gasteiger partial charge in [-0.05, 0) is 12.3 Å². The maximum absolute atomic E-state index is 10.4. The third kappa shape index (κ3) is 5.80. The average Bonchev–Trinajstić information content (AvgIpc) is 2.68.